The number of aldehydes is 1. The molecule has 1 fully saturated rings. The molecule has 0 aliphatic carbocycles. The van der Waals surface area contributed by atoms with Gasteiger partial charge in [0.2, 0.25) is 17.7 Å². The molecule has 1 heterocycles. The Morgan fingerprint density at radius 3 is 2.21 bits per heavy atom. The fraction of sp³-hybridized carbons (Fsp3) is 0.433. The molecule has 1 saturated heterocycles. The zero-order valence-corrected chi connectivity index (χ0v) is 23.9. The van der Waals surface area contributed by atoms with E-state index in [1.165, 1.54) is 29.2 Å². The maximum Gasteiger partial charge on any atom is 0.249 e. The van der Waals surface area contributed by atoms with Gasteiger partial charge in [0.25, 0.3) is 0 Å². The Morgan fingerprint density at radius 2 is 1.60 bits per heavy atom. The van der Waals surface area contributed by atoms with Crippen LogP contribution < -0.4 is 22.1 Å². The maximum atomic E-state index is 13.8. The summed E-state index contributed by atoms with van der Waals surface area (Å²) in [5.41, 5.74) is 12.1. The Hall–Kier alpha value is -4.65. The van der Waals surface area contributed by atoms with Crippen LogP contribution in [0.25, 0.3) is 0 Å². The molecule has 0 bridgehead atoms. The highest BCUT2D eigenvalue weighted by atomic mass is 16.3. The molecular weight excluding hydrogens is 556 g/mol. The molecule has 1 aliphatic rings. The molecule has 2 aromatic carbocycles. The molecule has 13 nitrogen and oxygen atoms in total. The standard InChI is InChI=1S/C30H40N6O7/c31-30(32)33-15-1-3-21(18-37)34-27(41)25-4-2-16-36(25)29(43)24(14-9-19-5-10-22(38)11-6-19)35-28(42)26(40)17-20-7-12-23(39)13-8-20/h5-8,10-13,18,21,24-26,38-40H,1-4,9,14-17H2,(H,34,41)(H,35,42)(H4,31,32,33)/t21-,24+,25-,26+/m0/s1. The van der Waals surface area contributed by atoms with Crippen molar-refractivity contribution in [2.45, 2.75) is 69.2 Å². The van der Waals surface area contributed by atoms with E-state index in [1.807, 2.05) is 0 Å². The Kier molecular flexibility index (Phi) is 12.3. The number of rotatable bonds is 15. The molecule has 0 radical (unpaired) electrons. The molecule has 9 N–H and O–H groups in total. The van der Waals surface area contributed by atoms with E-state index in [1.54, 1.807) is 24.3 Å². The molecule has 43 heavy (non-hydrogen) atoms. The minimum Gasteiger partial charge on any atom is -0.508 e. The number of nitrogens with zero attached hydrogens (tertiary/aromatic N) is 2. The Balaban J connectivity index is 1.70. The molecule has 0 unspecified atom stereocenters. The van der Waals surface area contributed by atoms with Crippen LogP contribution >= 0.6 is 0 Å². The average molecular weight is 597 g/mol. The van der Waals surface area contributed by atoms with E-state index in [0.717, 1.165) is 5.56 Å². The van der Waals surface area contributed by atoms with Gasteiger partial charge in [0.15, 0.2) is 5.96 Å². The summed E-state index contributed by atoms with van der Waals surface area (Å²) in [6.45, 7) is 0.590. The number of carbonyl (C=O) groups is 4. The van der Waals surface area contributed by atoms with Crippen molar-refractivity contribution in [3.05, 3.63) is 59.7 Å². The Morgan fingerprint density at radius 1 is 0.977 bits per heavy atom. The fourth-order valence-electron chi connectivity index (χ4n) is 4.92. The smallest absolute Gasteiger partial charge is 0.249 e. The quantitative estimate of drug-likeness (QED) is 0.0628. The van der Waals surface area contributed by atoms with Gasteiger partial charge in [-0.1, -0.05) is 24.3 Å². The molecule has 0 aromatic heterocycles. The van der Waals surface area contributed by atoms with E-state index in [2.05, 4.69) is 15.6 Å². The number of hydrogen-bond acceptors (Lipinski definition) is 8. The van der Waals surface area contributed by atoms with Crippen LogP contribution in [0.2, 0.25) is 0 Å². The average Bonchev–Trinajstić information content (AvgIpc) is 3.48. The van der Waals surface area contributed by atoms with Crippen molar-refractivity contribution in [2.24, 2.45) is 16.5 Å². The van der Waals surface area contributed by atoms with Gasteiger partial charge < -0.3 is 47.1 Å². The lowest BCUT2D eigenvalue weighted by Gasteiger charge is -2.30. The third kappa shape index (κ3) is 10.3. The van der Waals surface area contributed by atoms with Crippen LogP contribution in [0.15, 0.2) is 53.5 Å². The molecule has 232 valence electrons. The predicted octanol–water partition coefficient (Wildman–Crippen LogP) is -0.153. The van der Waals surface area contributed by atoms with Gasteiger partial charge in [-0.25, -0.2) is 0 Å². The van der Waals surface area contributed by atoms with Gasteiger partial charge in [0.05, 0.1) is 6.04 Å². The van der Waals surface area contributed by atoms with Crippen molar-refractivity contribution < 1.29 is 34.5 Å². The molecule has 1 aliphatic heterocycles. The van der Waals surface area contributed by atoms with Gasteiger partial charge in [-0.05, 0) is 73.9 Å². The van der Waals surface area contributed by atoms with Gasteiger partial charge in [0, 0.05) is 19.5 Å². The Bertz CT molecular complexity index is 1260. The van der Waals surface area contributed by atoms with E-state index in [0.29, 0.717) is 50.5 Å². The second-order valence-electron chi connectivity index (χ2n) is 10.5. The summed E-state index contributed by atoms with van der Waals surface area (Å²) in [6.07, 6.45) is 1.41. The minimum atomic E-state index is -1.46. The highest BCUT2D eigenvalue weighted by molar-refractivity contribution is 5.94. The van der Waals surface area contributed by atoms with Gasteiger partial charge >= 0.3 is 0 Å². The van der Waals surface area contributed by atoms with Crippen molar-refractivity contribution in [3.63, 3.8) is 0 Å². The molecule has 4 atom stereocenters. The SMILES string of the molecule is NC(N)=NCCC[C@@H](C=O)NC(=O)[C@@H]1CCCN1C(=O)[C@@H](CCc1ccc(O)cc1)NC(=O)[C@H](O)Cc1ccc(O)cc1. The molecular formula is C30H40N6O7. The number of phenols is 2. The lowest BCUT2D eigenvalue weighted by molar-refractivity contribution is -0.143. The van der Waals surface area contributed by atoms with Crippen LogP contribution in [0.5, 0.6) is 11.5 Å². The molecule has 3 amide bonds. The number of nitrogens with two attached hydrogens (primary N) is 2. The van der Waals surface area contributed by atoms with Crippen LogP contribution in [0.4, 0.5) is 0 Å². The van der Waals surface area contributed by atoms with E-state index < -0.39 is 42.0 Å². The number of aliphatic hydroxyl groups is 1. The van der Waals surface area contributed by atoms with Crippen molar-refractivity contribution in [1.29, 1.82) is 0 Å². The molecule has 13 heteroatoms. The first-order valence-electron chi connectivity index (χ1n) is 14.2. The summed E-state index contributed by atoms with van der Waals surface area (Å²) in [7, 11) is 0. The number of guanidine groups is 1. The number of likely N-dealkylation sites (tertiary alicyclic amines) is 1. The van der Waals surface area contributed by atoms with Crippen LogP contribution in [0.3, 0.4) is 0 Å². The predicted molar refractivity (Wildman–Crippen MR) is 159 cm³/mol. The third-order valence-electron chi connectivity index (χ3n) is 7.24. The zero-order chi connectivity index (χ0) is 31.4. The minimum absolute atomic E-state index is 0.0317. The van der Waals surface area contributed by atoms with Crippen molar-refractivity contribution >= 4 is 30.0 Å². The van der Waals surface area contributed by atoms with Crippen LogP contribution in [-0.4, -0.2) is 87.5 Å². The summed E-state index contributed by atoms with van der Waals surface area (Å²) in [5, 5.41) is 35.0. The van der Waals surface area contributed by atoms with E-state index in [4.69, 9.17) is 11.5 Å². The van der Waals surface area contributed by atoms with E-state index >= 15 is 0 Å². The second-order valence-corrected chi connectivity index (χ2v) is 10.5. The number of phenolic OH excluding ortho intramolecular Hbond substituents is 2. The lowest BCUT2D eigenvalue weighted by Crippen LogP contribution is -2.56. The lowest BCUT2D eigenvalue weighted by atomic mass is 10.0. The first kappa shape index (κ1) is 32.9. The van der Waals surface area contributed by atoms with Gasteiger partial charge in [-0.3, -0.25) is 19.4 Å². The summed E-state index contributed by atoms with van der Waals surface area (Å²) in [6, 6.07) is 9.85. The first-order valence-corrected chi connectivity index (χ1v) is 14.2. The number of aliphatic imine (C=N–C) groups is 1. The monoisotopic (exact) mass is 596 g/mol. The normalized spacial score (nSPS) is 16.5. The summed E-state index contributed by atoms with van der Waals surface area (Å²) in [4.78, 5) is 56.8. The largest absolute Gasteiger partial charge is 0.508 e. The number of aromatic hydroxyl groups is 2. The first-order chi connectivity index (χ1) is 20.6. The van der Waals surface area contributed by atoms with Crippen molar-refractivity contribution in [1.82, 2.24) is 15.5 Å². The number of aryl methyl sites for hydroxylation is 1. The number of hydrogen-bond donors (Lipinski definition) is 7. The van der Waals surface area contributed by atoms with Crippen molar-refractivity contribution in [3.8, 4) is 11.5 Å². The molecule has 3 rings (SSSR count). The number of nitrogens with one attached hydrogen (secondary N) is 2. The second kappa shape index (κ2) is 16.1. The third-order valence-corrected chi connectivity index (χ3v) is 7.24. The zero-order valence-electron chi connectivity index (χ0n) is 23.9. The number of aliphatic hydroxyl groups excluding tert-OH is 1. The number of amides is 3. The fourth-order valence-corrected chi connectivity index (χ4v) is 4.92. The van der Waals surface area contributed by atoms with Crippen LogP contribution in [-0.2, 0) is 32.0 Å². The summed E-state index contributed by atoms with van der Waals surface area (Å²) >= 11 is 0. The summed E-state index contributed by atoms with van der Waals surface area (Å²) in [5.74, 6) is -1.61. The Labute approximate surface area is 250 Å². The van der Waals surface area contributed by atoms with Gasteiger partial charge in [-0.15, -0.1) is 0 Å². The molecule has 2 aromatic rings. The highest BCUT2D eigenvalue weighted by Gasteiger charge is 2.38. The van der Waals surface area contributed by atoms with Crippen LogP contribution in [0.1, 0.15) is 43.2 Å². The van der Waals surface area contributed by atoms with Crippen molar-refractivity contribution in [2.75, 3.05) is 13.1 Å². The van der Waals surface area contributed by atoms with Gasteiger partial charge in [-0.2, -0.15) is 0 Å². The van der Waals surface area contributed by atoms with Crippen LogP contribution in [0, 0.1) is 0 Å². The topological polar surface area (TPSA) is 221 Å². The number of carbonyl (C=O) groups excluding carboxylic acids is 4. The van der Waals surface area contributed by atoms with Gasteiger partial charge in [0.1, 0.15) is 36.0 Å². The molecule has 0 saturated carbocycles. The highest BCUT2D eigenvalue weighted by Crippen LogP contribution is 2.21. The number of benzene rings is 2. The van der Waals surface area contributed by atoms with E-state index in [9.17, 15) is 34.5 Å². The summed E-state index contributed by atoms with van der Waals surface area (Å²) < 4.78 is 0. The molecule has 0 spiro atoms. The maximum absolute atomic E-state index is 13.8. The van der Waals surface area contributed by atoms with E-state index in [-0.39, 0.29) is 36.8 Å².